The van der Waals surface area contributed by atoms with Crippen LogP contribution < -0.4 is 5.32 Å². The molecule has 0 aliphatic carbocycles. The van der Waals surface area contributed by atoms with Gasteiger partial charge in [-0.25, -0.2) is 8.42 Å². The van der Waals surface area contributed by atoms with Gasteiger partial charge in [0, 0.05) is 19.3 Å². The van der Waals surface area contributed by atoms with Crippen LogP contribution >= 0.6 is 0 Å². The van der Waals surface area contributed by atoms with Gasteiger partial charge < -0.3 is 5.32 Å². The van der Waals surface area contributed by atoms with Gasteiger partial charge in [0.05, 0.1) is 23.2 Å². The minimum atomic E-state index is -3.03. The molecule has 0 amide bonds. The molecular weight excluding hydrogens is 240 g/mol. The number of nitrogens with zero attached hydrogens (tertiary/aromatic N) is 3. The highest BCUT2D eigenvalue weighted by atomic mass is 32.2. The second-order valence-corrected chi connectivity index (χ2v) is 7.71. The molecule has 0 aliphatic rings. The quantitative estimate of drug-likeness (QED) is 0.733. The Bertz CT molecular complexity index is 420. The molecule has 1 N–H and O–H groups in total. The van der Waals surface area contributed by atoms with Crippen molar-refractivity contribution < 1.29 is 8.42 Å². The van der Waals surface area contributed by atoms with Crippen molar-refractivity contribution in [1.82, 2.24) is 20.3 Å². The molecule has 1 aromatic rings. The van der Waals surface area contributed by atoms with E-state index >= 15 is 0 Å². The minimum Gasteiger partial charge on any atom is -0.314 e. The molecule has 0 radical (unpaired) electrons. The first-order chi connectivity index (χ1) is 7.83. The molecule has 0 bridgehead atoms. The lowest BCUT2D eigenvalue weighted by Gasteiger charge is -2.19. The maximum Gasteiger partial charge on any atom is 0.156 e. The lowest BCUT2D eigenvalue weighted by Crippen LogP contribution is -2.35. The smallest absolute Gasteiger partial charge is 0.156 e. The van der Waals surface area contributed by atoms with Crippen LogP contribution in [0.4, 0.5) is 0 Å². The van der Waals surface area contributed by atoms with Crippen LogP contribution in [-0.4, -0.2) is 47.0 Å². The van der Waals surface area contributed by atoms with E-state index in [-0.39, 0.29) is 5.75 Å². The summed E-state index contributed by atoms with van der Waals surface area (Å²) in [6, 6.07) is 0. The predicted molar refractivity (Wildman–Crippen MR) is 66.4 cm³/mol. The van der Waals surface area contributed by atoms with Crippen molar-refractivity contribution in [3.63, 3.8) is 0 Å². The molecule has 7 heteroatoms. The van der Waals surface area contributed by atoms with Crippen LogP contribution in [0.3, 0.4) is 0 Å². The number of rotatable bonds is 6. The average molecular weight is 260 g/mol. The lowest BCUT2D eigenvalue weighted by atomic mass is 10.3. The van der Waals surface area contributed by atoms with Gasteiger partial charge in [0.2, 0.25) is 0 Å². The molecule has 17 heavy (non-hydrogen) atoms. The monoisotopic (exact) mass is 260 g/mol. The van der Waals surface area contributed by atoms with Gasteiger partial charge in [0.1, 0.15) is 0 Å². The minimum absolute atomic E-state index is 0.161. The predicted octanol–water partition coefficient (Wildman–Crippen LogP) is 0.0810. The molecular formula is C10H20N4O2S. The Morgan fingerprint density at radius 3 is 2.53 bits per heavy atom. The van der Waals surface area contributed by atoms with E-state index in [4.69, 9.17) is 0 Å². The van der Waals surface area contributed by atoms with Gasteiger partial charge in [-0.05, 0) is 20.8 Å². The van der Waals surface area contributed by atoms with Crippen molar-refractivity contribution in [2.45, 2.75) is 32.1 Å². The second-order valence-electron chi connectivity index (χ2n) is 4.85. The van der Waals surface area contributed by atoms with E-state index in [0.717, 1.165) is 0 Å². The number of sulfone groups is 1. The van der Waals surface area contributed by atoms with Gasteiger partial charge in [-0.15, -0.1) is 5.10 Å². The van der Waals surface area contributed by atoms with Gasteiger partial charge in [-0.2, -0.15) is 0 Å². The molecule has 0 aromatic carbocycles. The molecule has 1 aromatic heterocycles. The van der Waals surface area contributed by atoms with Crippen molar-refractivity contribution in [2.24, 2.45) is 0 Å². The highest BCUT2D eigenvalue weighted by Gasteiger charge is 2.27. The molecule has 0 aliphatic heterocycles. The average Bonchev–Trinajstić information content (AvgIpc) is 2.68. The van der Waals surface area contributed by atoms with Crippen molar-refractivity contribution in [1.29, 1.82) is 0 Å². The van der Waals surface area contributed by atoms with Gasteiger partial charge >= 0.3 is 0 Å². The molecule has 98 valence electrons. The molecule has 0 spiro atoms. The Hall–Kier alpha value is -0.950. The van der Waals surface area contributed by atoms with Crippen molar-refractivity contribution >= 4 is 9.84 Å². The molecule has 0 fully saturated rings. The highest BCUT2D eigenvalue weighted by Crippen LogP contribution is 2.14. The Morgan fingerprint density at radius 2 is 2.00 bits per heavy atom. The molecule has 0 saturated heterocycles. The first-order valence-electron chi connectivity index (χ1n) is 5.60. The maximum absolute atomic E-state index is 11.8. The third kappa shape index (κ3) is 4.43. The molecule has 0 saturated carbocycles. The molecule has 6 nitrogen and oxygen atoms in total. The van der Waals surface area contributed by atoms with Crippen molar-refractivity contribution in [3.05, 3.63) is 12.4 Å². The second kappa shape index (κ2) is 5.59. The van der Waals surface area contributed by atoms with E-state index in [0.29, 0.717) is 19.6 Å². The van der Waals surface area contributed by atoms with Crippen LogP contribution in [0.1, 0.15) is 20.8 Å². The summed E-state index contributed by atoms with van der Waals surface area (Å²) in [7, 11) is -3.03. The van der Waals surface area contributed by atoms with Crippen LogP contribution in [0.5, 0.6) is 0 Å². The zero-order valence-electron chi connectivity index (χ0n) is 10.5. The van der Waals surface area contributed by atoms with Gasteiger partial charge in [0.15, 0.2) is 9.84 Å². The summed E-state index contributed by atoms with van der Waals surface area (Å²) >= 11 is 0. The van der Waals surface area contributed by atoms with Crippen LogP contribution in [0.2, 0.25) is 0 Å². The number of aromatic nitrogens is 3. The van der Waals surface area contributed by atoms with Crippen LogP contribution in [-0.2, 0) is 16.4 Å². The first-order valence-corrected chi connectivity index (χ1v) is 7.25. The number of nitrogens with one attached hydrogen (secondary N) is 1. The summed E-state index contributed by atoms with van der Waals surface area (Å²) in [5.41, 5.74) is 0. The third-order valence-electron chi connectivity index (χ3n) is 2.47. The van der Waals surface area contributed by atoms with Gasteiger partial charge in [0.25, 0.3) is 0 Å². The summed E-state index contributed by atoms with van der Waals surface area (Å²) in [6.07, 6.45) is 3.39. The number of hydrogen-bond acceptors (Lipinski definition) is 5. The molecule has 1 heterocycles. The molecule has 1 rings (SSSR count). The summed E-state index contributed by atoms with van der Waals surface area (Å²) in [5.74, 6) is 0.161. The van der Waals surface area contributed by atoms with E-state index in [2.05, 4.69) is 15.6 Å². The fourth-order valence-electron chi connectivity index (χ4n) is 1.18. The summed E-state index contributed by atoms with van der Waals surface area (Å²) in [6.45, 7) is 7.00. The van der Waals surface area contributed by atoms with Crippen LogP contribution in [0.15, 0.2) is 12.4 Å². The summed E-state index contributed by atoms with van der Waals surface area (Å²) in [5, 5.41) is 10.6. The Morgan fingerprint density at radius 1 is 1.29 bits per heavy atom. The van der Waals surface area contributed by atoms with Crippen LogP contribution in [0.25, 0.3) is 0 Å². The Labute approximate surface area is 102 Å². The standard InChI is InChI=1S/C10H20N4O2S/c1-10(2,3)17(15,16)9-6-11-4-7-14-8-5-12-13-14/h5,8,11H,4,6-7,9H2,1-3H3. The van der Waals surface area contributed by atoms with E-state index in [1.165, 1.54) is 0 Å². The van der Waals surface area contributed by atoms with Crippen molar-refractivity contribution in [3.8, 4) is 0 Å². The van der Waals surface area contributed by atoms with E-state index in [1.807, 2.05) is 0 Å². The van der Waals surface area contributed by atoms with Crippen molar-refractivity contribution in [2.75, 3.05) is 18.8 Å². The topological polar surface area (TPSA) is 76.9 Å². The normalized spacial score (nSPS) is 12.9. The fraction of sp³-hybridized carbons (Fsp3) is 0.800. The summed E-state index contributed by atoms with van der Waals surface area (Å²) in [4.78, 5) is 0. The largest absolute Gasteiger partial charge is 0.314 e. The zero-order valence-corrected chi connectivity index (χ0v) is 11.4. The Kier molecular flexibility index (Phi) is 4.64. The van der Waals surface area contributed by atoms with E-state index < -0.39 is 14.6 Å². The summed E-state index contributed by atoms with van der Waals surface area (Å²) < 4.78 is 24.6. The molecule has 0 unspecified atom stereocenters. The SMILES string of the molecule is CC(C)(C)S(=O)(=O)CCNCCn1ccnn1. The van der Waals surface area contributed by atoms with Gasteiger partial charge in [-0.1, -0.05) is 5.21 Å². The van der Waals surface area contributed by atoms with Gasteiger partial charge in [-0.3, -0.25) is 4.68 Å². The van der Waals surface area contributed by atoms with Crippen LogP contribution in [0, 0.1) is 0 Å². The highest BCUT2D eigenvalue weighted by molar-refractivity contribution is 7.92. The number of hydrogen-bond donors (Lipinski definition) is 1. The third-order valence-corrected chi connectivity index (χ3v) is 5.08. The lowest BCUT2D eigenvalue weighted by molar-refractivity contribution is 0.537. The Balaban J connectivity index is 2.21. The van der Waals surface area contributed by atoms with E-state index in [1.54, 1.807) is 37.8 Å². The maximum atomic E-state index is 11.8. The first kappa shape index (κ1) is 14.1. The van der Waals surface area contributed by atoms with E-state index in [9.17, 15) is 8.42 Å². The fourth-order valence-corrected chi connectivity index (χ4v) is 2.21. The molecule has 0 atom stereocenters. The zero-order chi connectivity index (χ0) is 12.9.